The summed E-state index contributed by atoms with van der Waals surface area (Å²) in [6, 6.07) is 0. The van der Waals surface area contributed by atoms with Gasteiger partial charge in [0.1, 0.15) is 0 Å². The van der Waals surface area contributed by atoms with E-state index in [-0.39, 0.29) is 0 Å². The molecule has 0 N–H and O–H groups in total. The van der Waals surface area contributed by atoms with Crippen LogP contribution in [0.25, 0.3) is 0 Å². The van der Waals surface area contributed by atoms with Gasteiger partial charge in [0.05, 0.1) is 0 Å². The molecule has 0 aromatic rings. The van der Waals surface area contributed by atoms with Crippen molar-refractivity contribution in [1.29, 1.82) is 0 Å². The lowest BCUT2D eigenvalue weighted by Crippen LogP contribution is -2.27. The second kappa shape index (κ2) is 29.0. The summed E-state index contributed by atoms with van der Waals surface area (Å²) < 4.78 is 0. The van der Waals surface area contributed by atoms with Gasteiger partial charge in [-0.25, -0.2) is 0 Å². The van der Waals surface area contributed by atoms with E-state index in [1.165, 1.54) is 180 Å². The smallest absolute Gasteiger partial charge is 0.00187 e. The van der Waals surface area contributed by atoms with E-state index in [9.17, 15) is 0 Å². The lowest BCUT2D eigenvalue weighted by atomic mass is 10.0. The van der Waals surface area contributed by atoms with Gasteiger partial charge in [-0.15, -0.1) is 0 Å². The van der Waals surface area contributed by atoms with Crippen molar-refractivity contribution in [2.45, 2.75) is 181 Å². The minimum absolute atomic E-state index is 1.31. The second-order valence-electron chi connectivity index (χ2n) is 10.6. The van der Waals surface area contributed by atoms with Gasteiger partial charge in [0, 0.05) is 0 Å². The summed E-state index contributed by atoms with van der Waals surface area (Å²) in [6.45, 7) is 11.0. The van der Waals surface area contributed by atoms with E-state index in [1.807, 2.05) is 0 Å². The first-order valence-electron chi connectivity index (χ1n) is 15.6. The minimum atomic E-state index is 1.31. The largest absolute Gasteiger partial charge is 0.303 e. The fraction of sp³-hybridized carbons (Fsp3) is 1.00. The molecular weight excluding hydrogens is 386 g/mol. The lowest BCUT2D eigenvalue weighted by Gasteiger charge is -2.21. The molecule has 0 radical (unpaired) electrons. The summed E-state index contributed by atoms with van der Waals surface area (Å²) in [6.07, 6.45) is 36.3. The Balaban J connectivity index is 3.34. The van der Waals surface area contributed by atoms with Crippen LogP contribution in [0, 0.1) is 0 Å². The van der Waals surface area contributed by atoms with Crippen LogP contribution >= 0.6 is 0 Å². The van der Waals surface area contributed by atoms with Crippen molar-refractivity contribution in [1.82, 2.24) is 4.90 Å². The third-order valence-electron chi connectivity index (χ3n) is 7.20. The first-order chi connectivity index (χ1) is 15.8. The van der Waals surface area contributed by atoms with Crippen LogP contribution in [0.3, 0.4) is 0 Å². The summed E-state index contributed by atoms with van der Waals surface area (Å²) in [4.78, 5) is 2.75. The molecule has 0 saturated carbocycles. The van der Waals surface area contributed by atoms with Gasteiger partial charge in [-0.1, -0.05) is 162 Å². The summed E-state index contributed by atoms with van der Waals surface area (Å²) in [7, 11) is 0. The monoisotopic (exact) mass is 452 g/mol. The number of hydrogen-bond acceptors (Lipinski definition) is 1. The van der Waals surface area contributed by atoms with E-state index >= 15 is 0 Å². The molecule has 0 amide bonds. The van der Waals surface area contributed by atoms with E-state index < -0.39 is 0 Å². The van der Waals surface area contributed by atoms with Crippen LogP contribution in [0.1, 0.15) is 181 Å². The third-order valence-corrected chi connectivity index (χ3v) is 7.20. The maximum Gasteiger partial charge on any atom is -0.00187 e. The van der Waals surface area contributed by atoms with Crippen LogP contribution in [0.15, 0.2) is 0 Å². The molecule has 194 valence electrons. The zero-order valence-corrected chi connectivity index (χ0v) is 23.2. The van der Waals surface area contributed by atoms with E-state index in [2.05, 4.69) is 25.7 Å². The lowest BCUT2D eigenvalue weighted by molar-refractivity contribution is 0.260. The summed E-state index contributed by atoms with van der Waals surface area (Å²) in [5.41, 5.74) is 0. The molecule has 1 nitrogen and oxygen atoms in total. The van der Waals surface area contributed by atoms with Gasteiger partial charge in [0.2, 0.25) is 0 Å². The third kappa shape index (κ3) is 26.2. The Labute approximate surface area is 205 Å². The Kier molecular flexibility index (Phi) is 29.0. The zero-order valence-electron chi connectivity index (χ0n) is 23.2. The van der Waals surface area contributed by atoms with Gasteiger partial charge in [-0.3, -0.25) is 0 Å². The fourth-order valence-electron chi connectivity index (χ4n) is 5.00. The Morgan fingerprint density at radius 3 is 0.750 bits per heavy atom. The van der Waals surface area contributed by atoms with E-state index in [1.54, 1.807) is 0 Å². The van der Waals surface area contributed by atoms with E-state index in [0.717, 1.165) is 0 Å². The SMILES string of the molecule is CCCCCCCCCCCCCCCCCCN(CCC)CCCCCCCCCC. The molecule has 0 aliphatic rings. The summed E-state index contributed by atoms with van der Waals surface area (Å²) in [5, 5.41) is 0. The van der Waals surface area contributed by atoms with Crippen LogP contribution in [-0.4, -0.2) is 24.5 Å². The van der Waals surface area contributed by atoms with Crippen molar-refractivity contribution >= 4 is 0 Å². The average molecular weight is 452 g/mol. The Morgan fingerprint density at radius 1 is 0.250 bits per heavy atom. The molecule has 1 heteroatoms. The topological polar surface area (TPSA) is 3.24 Å². The highest BCUT2D eigenvalue weighted by Gasteiger charge is 2.03. The molecule has 0 heterocycles. The average Bonchev–Trinajstić information content (AvgIpc) is 2.80. The minimum Gasteiger partial charge on any atom is -0.303 e. The maximum atomic E-state index is 2.75. The van der Waals surface area contributed by atoms with Crippen molar-refractivity contribution < 1.29 is 0 Å². The normalized spacial score (nSPS) is 11.6. The first kappa shape index (κ1) is 32.0. The quantitative estimate of drug-likeness (QED) is 0.107. The van der Waals surface area contributed by atoms with Crippen molar-refractivity contribution in [3.05, 3.63) is 0 Å². The first-order valence-corrected chi connectivity index (χ1v) is 15.6. The Hall–Kier alpha value is -0.0400. The van der Waals surface area contributed by atoms with Gasteiger partial charge < -0.3 is 4.90 Å². The molecule has 0 spiro atoms. The van der Waals surface area contributed by atoms with Gasteiger partial charge in [0.25, 0.3) is 0 Å². The fourth-order valence-corrected chi connectivity index (χ4v) is 5.00. The van der Waals surface area contributed by atoms with E-state index in [4.69, 9.17) is 0 Å². The highest BCUT2D eigenvalue weighted by Crippen LogP contribution is 2.14. The van der Waals surface area contributed by atoms with Crippen molar-refractivity contribution in [3.63, 3.8) is 0 Å². The van der Waals surface area contributed by atoms with Gasteiger partial charge in [-0.05, 0) is 38.9 Å². The van der Waals surface area contributed by atoms with Crippen LogP contribution in [0.5, 0.6) is 0 Å². The zero-order chi connectivity index (χ0) is 23.4. The number of nitrogens with zero attached hydrogens (tertiary/aromatic N) is 1. The van der Waals surface area contributed by atoms with Crippen molar-refractivity contribution in [3.8, 4) is 0 Å². The molecular formula is C31H65N. The standard InChI is InChI=1S/C31H65N/c1-4-7-9-11-13-15-16-17-18-19-20-21-22-24-26-28-31-32(29-6-3)30-27-25-23-14-12-10-8-5-2/h4-31H2,1-3H3. The molecule has 0 aliphatic heterocycles. The Bertz CT molecular complexity index is 314. The molecule has 0 aliphatic carbocycles. The van der Waals surface area contributed by atoms with E-state index in [0.29, 0.717) is 0 Å². The molecule has 0 atom stereocenters. The molecule has 0 aromatic heterocycles. The predicted molar refractivity (Wildman–Crippen MR) is 149 cm³/mol. The molecule has 0 bridgehead atoms. The maximum absolute atomic E-state index is 2.75. The van der Waals surface area contributed by atoms with Crippen LogP contribution < -0.4 is 0 Å². The summed E-state index contributed by atoms with van der Waals surface area (Å²) >= 11 is 0. The summed E-state index contributed by atoms with van der Waals surface area (Å²) in [5.74, 6) is 0. The number of unbranched alkanes of at least 4 members (excludes halogenated alkanes) is 22. The van der Waals surface area contributed by atoms with Crippen molar-refractivity contribution in [2.75, 3.05) is 19.6 Å². The highest BCUT2D eigenvalue weighted by atomic mass is 15.1. The van der Waals surface area contributed by atoms with Crippen molar-refractivity contribution in [2.24, 2.45) is 0 Å². The van der Waals surface area contributed by atoms with Crippen LogP contribution in [0.4, 0.5) is 0 Å². The molecule has 0 rings (SSSR count). The van der Waals surface area contributed by atoms with Gasteiger partial charge >= 0.3 is 0 Å². The number of rotatable bonds is 28. The highest BCUT2D eigenvalue weighted by molar-refractivity contribution is 4.59. The molecule has 0 unspecified atom stereocenters. The second-order valence-corrected chi connectivity index (χ2v) is 10.6. The molecule has 0 saturated heterocycles. The Morgan fingerprint density at radius 2 is 0.500 bits per heavy atom. The molecule has 32 heavy (non-hydrogen) atoms. The van der Waals surface area contributed by atoms with Gasteiger partial charge in [-0.2, -0.15) is 0 Å². The van der Waals surface area contributed by atoms with Gasteiger partial charge in [0.15, 0.2) is 0 Å². The molecule has 0 aromatic carbocycles. The number of hydrogen-bond donors (Lipinski definition) is 0. The molecule has 0 fully saturated rings. The van der Waals surface area contributed by atoms with Crippen LogP contribution in [0.2, 0.25) is 0 Å². The predicted octanol–water partition coefficient (Wildman–Crippen LogP) is 11.1. The van der Waals surface area contributed by atoms with Crippen LogP contribution in [-0.2, 0) is 0 Å².